The number of rotatable bonds is 1. The van der Waals surface area contributed by atoms with E-state index in [0.29, 0.717) is 0 Å². The van der Waals surface area contributed by atoms with Crippen molar-refractivity contribution in [2.45, 2.75) is 19.8 Å². The van der Waals surface area contributed by atoms with Gasteiger partial charge in [0.25, 0.3) is 0 Å². The van der Waals surface area contributed by atoms with Crippen molar-refractivity contribution in [1.82, 2.24) is 5.32 Å². The minimum absolute atomic E-state index is 0.940. The van der Waals surface area contributed by atoms with Crippen LogP contribution in [-0.4, -0.2) is 18.9 Å². The van der Waals surface area contributed by atoms with Crippen LogP contribution in [0.5, 0.6) is 0 Å². The minimum atomic E-state index is 0.940. The van der Waals surface area contributed by atoms with Gasteiger partial charge >= 0.3 is 0 Å². The highest BCUT2D eigenvalue weighted by Gasteiger charge is 2.12. The molecule has 0 aromatic rings. The first-order valence-corrected chi connectivity index (χ1v) is 4.51. The molecule has 0 aromatic carbocycles. The summed E-state index contributed by atoms with van der Waals surface area (Å²) >= 11 is 0. The SMILES string of the molecule is CC1=CC=C(C2=NCCN2)CC1. The summed E-state index contributed by atoms with van der Waals surface area (Å²) in [6.45, 7) is 4.13. The summed E-state index contributed by atoms with van der Waals surface area (Å²) in [6, 6.07) is 0. The van der Waals surface area contributed by atoms with Crippen LogP contribution in [0.15, 0.2) is 28.3 Å². The van der Waals surface area contributed by atoms with E-state index in [4.69, 9.17) is 0 Å². The summed E-state index contributed by atoms with van der Waals surface area (Å²) in [5, 5.41) is 3.29. The van der Waals surface area contributed by atoms with Gasteiger partial charge in [0.15, 0.2) is 0 Å². The second kappa shape index (κ2) is 3.13. The molecular formula is C10H14N2. The highest BCUT2D eigenvalue weighted by atomic mass is 15.1. The zero-order valence-electron chi connectivity index (χ0n) is 7.43. The predicted molar refractivity (Wildman–Crippen MR) is 51.4 cm³/mol. The lowest BCUT2D eigenvalue weighted by Gasteiger charge is -2.11. The van der Waals surface area contributed by atoms with Gasteiger partial charge in [-0.2, -0.15) is 0 Å². The fraction of sp³-hybridized carbons (Fsp3) is 0.500. The van der Waals surface area contributed by atoms with Crippen molar-refractivity contribution in [2.24, 2.45) is 4.99 Å². The van der Waals surface area contributed by atoms with E-state index in [0.717, 1.165) is 25.3 Å². The number of hydrogen-bond acceptors (Lipinski definition) is 2. The van der Waals surface area contributed by atoms with Crippen LogP contribution in [-0.2, 0) is 0 Å². The second-order valence-electron chi connectivity index (χ2n) is 3.36. The van der Waals surface area contributed by atoms with E-state index in [-0.39, 0.29) is 0 Å². The Labute approximate surface area is 73.1 Å². The number of allylic oxidation sites excluding steroid dienone is 3. The Balaban J connectivity index is 2.14. The molecule has 12 heavy (non-hydrogen) atoms. The van der Waals surface area contributed by atoms with Gasteiger partial charge in [0.2, 0.25) is 0 Å². The van der Waals surface area contributed by atoms with Crippen molar-refractivity contribution in [3.63, 3.8) is 0 Å². The maximum atomic E-state index is 4.39. The number of nitrogens with one attached hydrogen (secondary N) is 1. The lowest BCUT2D eigenvalue weighted by Crippen LogP contribution is -2.21. The van der Waals surface area contributed by atoms with Crippen LogP contribution in [0.3, 0.4) is 0 Å². The number of amidine groups is 1. The van der Waals surface area contributed by atoms with Crippen LogP contribution in [0.4, 0.5) is 0 Å². The fourth-order valence-electron chi connectivity index (χ4n) is 1.55. The van der Waals surface area contributed by atoms with Gasteiger partial charge in [-0.05, 0) is 25.3 Å². The molecule has 0 radical (unpaired) electrons. The first-order valence-electron chi connectivity index (χ1n) is 4.51. The molecule has 64 valence electrons. The largest absolute Gasteiger partial charge is 0.368 e. The van der Waals surface area contributed by atoms with E-state index in [2.05, 4.69) is 29.4 Å². The van der Waals surface area contributed by atoms with E-state index in [1.807, 2.05) is 0 Å². The quantitative estimate of drug-likeness (QED) is 0.623. The highest BCUT2D eigenvalue weighted by molar-refractivity contribution is 5.99. The van der Waals surface area contributed by atoms with Gasteiger partial charge in [-0.3, -0.25) is 4.99 Å². The van der Waals surface area contributed by atoms with Crippen molar-refractivity contribution in [2.75, 3.05) is 13.1 Å². The average Bonchev–Trinajstić information content (AvgIpc) is 2.58. The van der Waals surface area contributed by atoms with Crippen molar-refractivity contribution >= 4 is 5.84 Å². The summed E-state index contributed by atoms with van der Waals surface area (Å²) < 4.78 is 0. The first kappa shape index (κ1) is 7.59. The molecule has 0 atom stereocenters. The van der Waals surface area contributed by atoms with E-state index < -0.39 is 0 Å². The summed E-state index contributed by atoms with van der Waals surface area (Å²) in [4.78, 5) is 4.39. The molecule has 1 aliphatic heterocycles. The molecule has 0 amide bonds. The highest BCUT2D eigenvalue weighted by Crippen LogP contribution is 2.18. The molecular weight excluding hydrogens is 148 g/mol. The molecule has 0 unspecified atom stereocenters. The third-order valence-electron chi connectivity index (χ3n) is 2.34. The standard InChI is InChI=1S/C10H14N2/c1-8-2-4-9(5-3-8)10-11-6-7-12-10/h2,4H,3,5-7H2,1H3,(H,11,12). The van der Waals surface area contributed by atoms with E-state index in [9.17, 15) is 0 Å². The second-order valence-corrected chi connectivity index (χ2v) is 3.36. The van der Waals surface area contributed by atoms with Crippen molar-refractivity contribution in [3.05, 3.63) is 23.3 Å². The third kappa shape index (κ3) is 1.42. The number of hydrogen-bond donors (Lipinski definition) is 1. The molecule has 0 saturated heterocycles. The summed E-state index contributed by atoms with van der Waals surface area (Å²) in [5.74, 6) is 1.12. The van der Waals surface area contributed by atoms with E-state index in [1.54, 1.807) is 0 Å². The molecule has 1 N–H and O–H groups in total. The zero-order chi connectivity index (χ0) is 8.39. The molecule has 2 heteroatoms. The van der Waals surface area contributed by atoms with Crippen molar-refractivity contribution in [3.8, 4) is 0 Å². The number of nitrogens with zero attached hydrogens (tertiary/aromatic N) is 1. The van der Waals surface area contributed by atoms with Crippen LogP contribution < -0.4 is 5.32 Å². The van der Waals surface area contributed by atoms with Crippen LogP contribution in [0, 0.1) is 0 Å². The van der Waals surface area contributed by atoms with Crippen molar-refractivity contribution in [1.29, 1.82) is 0 Å². The van der Waals surface area contributed by atoms with Crippen LogP contribution >= 0.6 is 0 Å². The van der Waals surface area contributed by atoms with Crippen LogP contribution in [0.2, 0.25) is 0 Å². The van der Waals surface area contributed by atoms with Crippen molar-refractivity contribution < 1.29 is 0 Å². The van der Waals surface area contributed by atoms with Crippen LogP contribution in [0.25, 0.3) is 0 Å². The average molecular weight is 162 g/mol. The fourth-order valence-corrected chi connectivity index (χ4v) is 1.55. The predicted octanol–water partition coefficient (Wildman–Crippen LogP) is 1.65. The molecule has 0 bridgehead atoms. The Hall–Kier alpha value is -1.05. The smallest absolute Gasteiger partial charge is 0.124 e. The van der Waals surface area contributed by atoms with Gasteiger partial charge in [-0.1, -0.05) is 17.7 Å². The Morgan fingerprint density at radius 2 is 2.25 bits per heavy atom. The Kier molecular flexibility index (Phi) is 1.98. The van der Waals surface area contributed by atoms with E-state index in [1.165, 1.54) is 17.6 Å². The number of aliphatic imine (C=N–C) groups is 1. The van der Waals surface area contributed by atoms with Crippen LogP contribution in [0.1, 0.15) is 19.8 Å². The van der Waals surface area contributed by atoms with Gasteiger partial charge in [-0.25, -0.2) is 0 Å². The van der Waals surface area contributed by atoms with Gasteiger partial charge in [0, 0.05) is 6.54 Å². The zero-order valence-corrected chi connectivity index (χ0v) is 7.43. The monoisotopic (exact) mass is 162 g/mol. The van der Waals surface area contributed by atoms with Gasteiger partial charge in [0.05, 0.1) is 6.54 Å². The van der Waals surface area contributed by atoms with Gasteiger partial charge in [-0.15, -0.1) is 0 Å². The Morgan fingerprint density at radius 3 is 2.83 bits per heavy atom. The lowest BCUT2D eigenvalue weighted by molar-refractivity contribution is 0.918. The Morgan fingerprint density at radius 1 is 1.33 bits per heavy atom. The topological polar surface area (TPSA) is 24.4 Å². The first-order chi connectivity index (χ1) is 5.86. The van der Waals surface area contributed by atoms with Gasteiger partial charge < -0.3 is 5.32 Å². The molecule has 0 aromatic heterocycles. The third-order valence-corrected chi connectivity index (χ3v) is 2.34. The maximum absolute atomic E-state index is 4.39. The summed E-state index contributed by atoms with van der Waals surface area (Å²) in [7, 11) is 0. The summed E-state index contributed by atoms with van der Waals surface area (Å²) in [5.41, 5.74) is 2.84. The normalized spacial score (nSPS) is 22.6. The molecule has 0 spiro atoms. The lowest BCUT2D eigenvalue weighted by atomic mass is 9.99. The molecule has 0 fully saturated rings. The molecule has 2 nitrogen and oxygen atoms in total. The Bertz CT molecular complexity index is 272. The maximum Gasteiger partial charge on any atom is 0.124 e. The minimum Gasteiger partial charge on any atom is -0.368 e. The molecule has 2 rings (SSSR count). The molecule has 1 heterocycles. The van der Waals surface area contributed by atoms with Gasteiger partial charge in [0.1, 0.15) is 5.84 Å². The van der Waals surface area contributed by atoms with E-state index >= 15 is 0 Å². The summed E-state index contributed by atoms with van der Waals surface area (Å²) in [6.07, 6.45) is 6.72. The molecule has 1 aliphatic carbocycles. The molecule has 2 aliphatic rings. The molecule has 0 saturated carbocycles.